The second kappa shape index (κ2) is 5.07. The molecular weight excluding hydrogens is 278 g/mol. The fourth-order valence-corrected chi connectivity index (χ4v) is 2.01. The molecule has 1 aromatic rings. The molecule has 16 heavy (non-hydrogen) atoms. The highest BCUT2D eigenvalue weighted by Gasteiger charge is 2.23. The summed E-state index contributed by atoms with van der Waals surface area (Å²) in [6, 6.07) is 3.07. The Labute approximate surface area is 101 Å². The minimum atomic E-state index is -0.572. The summed E-state index contributed by atoms with van der Waals surface area (Å²) in [5.41, 5.74) is 1.04. The van der Waals surface area contributed by atoms with Gasteiger partial charge in [0.15, 0.2) is 0 Å². The lowest BCUT2D eigenvalue weighted by molar-refractivity contribution is -0.386. The molecule has 0 saturated carbocycles. The first-order valence-electron chi connectivity index (χ1n) is 4.44. The maximum absolute atomic E-state index is 11.4. The van der Waals surface area contributed by atoms with Crippen LogP contribution in [0.15, 0.2) is 12.1 Å². The summed E-state index contributed by atoms with van der Waals surface area (Å²) < 4.78 is 4.57. The molecule has 0 N–H and O–H groups in total. The van der Waals surface area contributed by atoms with Gasteiger partial charge in [0, 0.05) is 10.9 Å². The third kappa shape index (κ3) is 2.21. The Morgan fingerprint density at radius 3 is 2.62 bits per heavy atom. The third-order valence-electron chi connectivity index (χ3n) is 2.21. The SMILES string of the molecule is COC(=O)c1ccc(C)c([N+](=O)[O-])c1CBr. The van der Waals surface area contributed by atoms with Gasteiger partial charge in [0.05, 0.1) is 23.2 Å². The molecule has 0 aliphatic carbocycles. The minimum Gasteiger partial charge on any atom is -0.465 e. The van der Waals surface area contributed by atoms with Crippen LogP contribution in [0.1, 0.15) is 21.5 Å². The van der Waals surface area contributed by atoms with Crippen molar-refractivity contribution >= 4 is 27.6 Å². The molecule has 0 aliphatic heterocycles. The number of nitro benzene ring substituents is 1. The summed E-state index contributed by atoms with van der Waals surface area (Å²) in [6.45, 7) is 1.63. The van der Waals surface area contributed by atoms with E-state index in [0.717, 1.165) is 0 Å². The second-order valence-corrected chi connectivity index (χ2v) is 3.70. The number of ether oxygens (including phenoxy) is 1. The van der Waals surface area contributed by atoms with Gasteiger partial charge in [-0.2, -0.15) is 0 Å². The smallest absolute Gasteiger partial charge is 0.338 e. The number of halogens is 1. The van der Waals surface area contributed by atoms with Crippen LogP contribution in [0.3, 0.4) is 0 Å². The van der Waals surface area contributed by atoms with Crippen molar-refractivity contribution in [1.29, 1.82) is 0 Å². The van der Waals surface area contributed by atoms with E-state index in [1.807, 2.05) is 0 Å². The maximum Gasteiger partial charge on any atom is 0.338 e. The number of hydrogen-bond donors (Lipinski definition) is 0. The highest BCUT2D eigenvalue weighted by atomic mass is 79.9. The molecule has 6 heteroatoms. The van der Waals surface area contributed by atoms with Crippen LogP contribution >= 0.6 is 15.9 Å². The van der Waals surface area contributed by atoms with E-state index < -0.39 is 10.9 Å². The van der Waals surface area contributed by atoms with E-state index >= 15 is 0 Å². The number of nitro groups is 1. The summed E-state index contributed by atoms with van der Waals surface area (Å²) in [7, 11) is 1.24. The minimum absolute atomic E-state index is 0.0419. The molecule has 0 fully saturated rings. The van der Waals surface area contributed by atoms with Crippen LogP contribution in [0.4, 0.5) is 5.69 Å². The standard InChI is InChI=1S/C10H10BrNO4/c1-6-3-4-7(10(13)16-2)8(5-11)9(6)12(14)15/h3-4H,5H2,1-2H3. The van der Waals surface area contributed by atoms with Crippen molar-refractivity contribution in [2.45, 2.75) is 12.3 Å². The van der Waals surface area contributed by atoms with Crippen molar-refractivity contribution in [3.8, 4) is 0 Å². The predicted molar refractivity (Wildman–Crippen MR) is 61.8 cm³/mol. The summed E-state index contributed by atoms with van der Waals surface area (Å²) in [6.07, 6.45) is 0. The van der Waals surface area contributed by atoms with Gasteiger partial charge < -0.3 is 4.74 Å². The zero-order valence-corrected chi connectivity index (χ0v) is 10.4. The van der Waals surface area contributed by atoms with E-state index in [9.17, 15) is 14.9 Å². The molecule has 0 spiro atoms. The van der Waals surface area contributed by atoms with E-state index in [0.29, 0.717) is 11.1 Å². The molecule has 0 heterocycles. The van der Waals surface area contributed by atoms with Crippen molar-refractivity contribution in [2.24, 2.45) is 0 Å². The molecule has 0 aromatic heterocycles. The number of methoxy groups -OCH3 is 1. The monoisotopic (exact) mass is 287 g/mol. The number of alkyl halides is 1. The maximum atomic E-state index is 11.4. The van der Waals surface area contributed by atoms with Crippen molar-refractivity contribution in [3.05, 3.63) is 38.9 Å². The molecule has 0 saturated heterocycles. The largest absolute Gasteiger partial charge is 0.465 e. The first kappa shape index (κ1) is 12.6. The van der Waals surface area contributed by atoms with Crippen molar-refractivity contribution in [3.63, 3.8) is 0 Å². The van der Waals surface area contributed by atoms with Crippen LogP contribution in [0.25, 0.3) is 0 Å². The molecule has 86 valence electrons. The van der Waals surface area contributed by atoms with Crippen molar-refractivity contribution in [1.82, 2.24) is 0 Å². The van der Waals surface area contributed by atoms with E-state index in [1.165, 1.54) is 19.2 Å². The highest BCUT2D eigenvalue weighted by Crippen LogP contribution is 2.29. The van der Waals surface area contributed by atoms with Gasteiger partial charge in [0.1, 0.15) is 0 Å². The Morgan fingerprint density at radius 1 is 1.56 bits per heavy atom. The van der Waals surface area contributed by atoms with E-state index in [1.54, 1.807) is 6.92 Å². The number of benzene rings is 1. The number of rotatable bonds is 3. The first-order valence-corrected chi connectivity index (χ1v) is 5.56. The van der Waals surface area contributed by atoms with Crippen LogP contribution in [-0.4, -0.2) is 18.0 Å². The molecule has 0 unspecified atom stereocenters. The summed E-state index contributed by atoms with van der Waals surface area (Å²) in [5, 5.41) is 11.1. The topological polar surface area (TPSA) is 69.4 Å². The Bertz CT molecular complexity index is 445. The third-order valence-corrected chi connectivity index (χ3v) is 2.77. The predicted octanol–water partition coefficient (Wildman–Crippen LogP) is 2.58. The number of carbonyl (C=O) groups excluding carboxylic acids is 1. The van der Waals surface area contributed by atoms with Gasteiger partial charge >= 0.3 is 5.97 Å². The van der Waals surface area contributed by atoms with Crippen molar-refractivity contribution in [2.75, 3.05) is 7.11 Å². The Hall–Kier alpha value is -1.43. The lowest BCUT2D eigenvalue weighted by Gasteiger charge is -2.07. The van der Waals surface area contributed by atoms with Crippen LogP contribution in [0, 0.1) is 17.0 Å². The molecule has 0 atom stereocenters. The zero-order chi connectivity index (χ0) is 12.3. The molecule has 0 aliphatic rings. The van der Waals surface area contributed by atoms with Crippen molar-refractivity contribution < 1.29 is 14.5 Å². The molecule has 0 bridgehead atoms. The number of hydrogen-bond acceptors (Lipinski definition) is 4. The molecular formula is C10H10BrNO4. The lowest BCUT2D eigenvalue weighted by Crippen LogP contribution is -2.08. The first-order chi connectivity index (χ1) is 7.52. The molecule has 5 nitrogen and oxygen atoms in total. The fraction of sp³-hybridized carbons (Fsp3) is 0.300. The molecule has 0 radical (unpaired) electrons. The average Bonchev–Trinajstić information content (AvgIpc) is 2.26. The van der Waals surface area contributed by atoms with Crippen LogP contribution in [0.5, 0.6) is 0 Å². The van der Waals surface area contributed by atoms with Gasteiger partial charge in [-0.15, -0.1) is 0 Å². The van der Waals surface area contributed by atoms with Gasteiger partial charge in [-0.05, 0) is 13.0 Å². The quantitative estimate of drug-likeness (QED) is 0.371. The Balaban J connectivity index is 3.48. The van der Waals surface area contributed by atoms with E-state index in [2.05, 4.69) is 20.7 Å². The Kier molecular flexibility index (Phi) is 4.00. The molecule has 1 aromatic carbocycles. The number of esters is 1. The van der Waals surface area contributed by atoms with Gasteiger partial charge in [0.25, 0.3) is 5.69 Å². The lowest BCUT2D eigenvalue weighted by atomic mass is 10.0. The normalized spacial score (nSPS) is 9.94. The number of nitrogens with zero attached hydrogens (tertiary/aromatic N) is 1. The van der Waals surface area contributed by atoms with Gasteiger partial charge in [0.2, 0.25) is 0 Å². The van der Waals surface area contributed by atoms with Gasteiger partial charge in [-0.3, -0.25) is 10.1 Å². The summed E-state index contributed by atoms with van der Waals surface area (Å²) in [5.74, 6) is -0.572. The fourth-order valence-electron chi connectivity index (χ4n) is 1.44. The van der Waals surface area contributed by atoms with Crippen LogP contribution in [-0.2, 0) is 10.1 Å². The highest BCUT2D eigenvalue weighted by molar-refractivity contribution is 9.08. The van der Waals surface area contributed by atoms with Gasteiger partial charge in [-0.25, -0.2) is 4.79 Å². The number of aryl methyl sites for hydroxylation is 1. The summed E-state index contributed by atoms with van der Waals surface area (Å²) in [4.78, 5) is 21.8. The molecule has 1 rings (SSSR count). The molecule has 0 amide bonds. The number of carbonyl (C=O) groups is 1. The van der Waals surface area contributed by atoms with E-state index in [4.69, 9.17) is 0 Å². The summed E-state index contributed by atoms with van der Waals surface area (Å²) >= 11 is 3.15. The van der Waals surface area contributed by atoms with E-state index in [-0.39, 0.29) is 16.6 Å². The second-order valence-electron chi connectivity index (χ2n) is 3.14. The van der Waals surface area contributed by atoms with Crippen LogP contribution < -0.4 is 0 Å². The average molecular weight is 288 g/mol. The Morgan fingerprint density at radius 2 is 2.19 bits per heavy atom. The van der Waals surface area contributed by atoms with Crippen LogP contribution in [0.2, 0.25) is 0 Å². The van der Waals surface area contributed by atoms with Gasteiger partial charge in [-0.1, -0.05) is 22.0 Å². The zero-order valence-electron chi connectivity index (χ0n) is 8.82.